The lowest BCUT2D eigenvalue weighted by atomic mass is 10.1. The minimum Gasteiger partial charge on any atom is -0.369 e. The number of nitrogens with zero attached hydrogens (tertiary/aromatic N) is 1. The van der Waals surface area contributed by atoms with E-state index in [4.69, 9.17) is 0 Å². The third kappa shape index (κ3) is 1.87. The second-order valence-corrected chi connectivity index (χ2v) is 3.89. The van der Waals surface area contributed by atoms with Gasteiger partial charge in [-0.3, -0.25) is 4.79 Å². The summed E-state index contributed by atoms with van der Waals surface area (Å²) >= 11 is 0. The molecule has 0 N–H and O–H groups in total. The van der Waals surface area contributed by atoms with E-state index in [0.29, 0.717) is 11.3 Å². The van der Waals surface area contributed by atoms with Gasteiger partial charge in [0.25, 0.3) is 0 Å². The Balaban J connectivity index is 2.46. The van der Waals surface area contributed by atoms with Crippen molar-refractivity contribution in [3.63, 3.8) is 0 Å². The van der Waals surface area contributed by atoms with E-state index >= 15 is 0 Å². The highest BCUT2D eigenvalue weighted by molar-refractivity contribution is 5.99. The van der Waals surface area contributed by atoms with E-state index in [1.165, 1.54) is 13.0 Å². The van der Waals surface area contributed by atoms with Crippen LogP contribution in [-0.2, 0) is 0 Å². The van der Waals surface area contributed by atoms with Gasteiger partial charge in [0.1, 0.15) is 5.82 Å². The zero-order valence-corrected chi connectivity index (χ0v) is 8.79. The molecule has 1 aliphatic rings. The van der Waals surface area contributed by atoms with Crippen LogP contribution in [0.4, 0.5) is 10.1 Å². The summed E-state index contributed by atoms with van der Waals surface area (Å²) in [5.74, 6) is -0.360. The number of carbonyl (C=O) groups excluding carboxylic acids is 1. The third-order valence-electron chi connectivity index (χ3n) is 2.79. The highest BCUT2D eigenvalue weighted by Gasteiger charge is 2.20. The van der Waals surface area contributed by atoms with Crippen LogP contribution in [0.5, 0.6) is 0 Å². The molecule has 0 bridgehead atoms. The van der Waals surface area contributed by atoms with Crippen LogP contribution in [0.1, 0.15) is 30.1 Å². The van der Waals surface area contributed by atoms with E-state index < -0.39 is 0 Å². The Labute approximate surface area is 88.7 Å². The molecule has 15 heavy (non-hydrogen) atoms. The molecule has 1 saturated heterocycles. The smallest absolute Gasteiger partial charge is 0.161 e. The summed E-state index contributed by atoms with van der Waals surface area (Å²) < 4.78 is 13.7. The van der Waals surface area contributed by atoms with Gasteiger partial charge in [-0.05, 0) is 31.9 Å². The lowest BCUT2D eigenvalue weighted by Crippen LogP contribution is -2.21. The van der Waals surface area contributed by atoms with Crippen molar-refractivity contribution in [1.82, 2.24) is 0 Å². The van der Waals surface area contributed by atoms with Gasteiger partial charge in [-0.1, -0.05) is 6.07 Å². The zero-order valence-electron chi connectivity index (χ0n) is 8.79. The molecule has 0 spiro atoms. The number of para-hydroxylation sites is 1. The molecule has 1 aromatic rings. The lowest BCUT2D eigenvalue weighted by Gasteiger charge is -2.20. The first-order chi connectivity index (χ1) is 7.20. The molecule has 80 valence electrons. The fourth-order valence-electron chi connectivity index (χ4n) is 2.06. The number of anilines is 1. The molecule has 2 nitrogen and oxygen atoms in total. The van der Waals surface area contributed by atoms with Crippen LogP contribution in [0.15, 0.2) is 18.2 Å². The maximum absolute atomic E-state index is 13.7. The fourth-order valence-corrected chi connectivity index (χ4v) is 2.06. The van der Waals surface area contributed by atoms with Crippen LogP contribution in [-0.4, -0.2) is 18.9 Å². The molecule has 1 heterocycles. The number of benzene rings is 1. The Morgan fingerprint density at radius 3 is 2.60 bits per heavy atom. The number of halogens is 1. The monoisotopic (exact) mass is 207 g/mol. The summed E-state index contributed by atoms with van der Waals surface area (Å²) in [6.45, 7) is 3.18. The highest BCUT2D eigenvalue weighted by atomic mass is 19.1. The van der Waals surface area contributed by atoms with Gasteiger partial charge in [0, 0.05) is 18.7 Å². The first-order valence-corrected chi connectivity index (χ1v) is 5.24. The predicted octanol–water partition coefficient (Wildman–Crippen LogP) is 2.63. The third-order valence-corrected chi connectivity index (χ3v) is 2.79. The second-order valence-electron chi connectivity index (χ2n) is 3.89. The molecule has 2 rings (SSSR count). The first-order valence-electron chi connectivity index (χ1n) is 5.24. The van der Waals surface area contributed by atoms with E-state index in [-0.39, 0.29) is 11.6 Å². The van der Waals surface area contributed by atoms with Crippen LogP contribution < -0.4 is 4.90 Å². The van der Waals surface area contributed by atoms with Crippen molar-refractivity contribution < 1.29 is 9.18 Å². The van der Waals surface area contributed by atoms with E-state index in [0.717, 1.165) is 25.9 Å². The minimum absolute atomic E-state index is 0.0728. The highest BCUT2D eigenvalue weighted by Crippen LogP contribution is 2.27. The van der Waals surface area contributed by atoms with Crippen molar-refractivity contribution in [2.75, 3.05) is 18.0 Å². The molecule has 0 radical (unpaired) electrons. The summed E-state index contributed by atoms with van der Waals surface area (Å²) in [6, 6.07) is 4.70. The molecular weight excluding hydrogens is 193 g/mol. The lowest BCUT2D eigenvalue weighted by molar-refractivity contribution is 0.101. The van der Waals surface area contributed by atoms with Crippen molar-refractivity contribution >= 4 is 11.5 Å². The van der Waals surface area contributed by atoms with Crippen LogP contribution >= 0.6 is 0 Å². The van der Waals surface area contributed by atoms with E-state index in [1.54, 1.807) is 12.1 Å². The number of carbonyl (C=O) groups is 1. The Morgan fingerprint density at radius 1 is 1.33 bits per heavy atom. The largest absolute Gasteiger partial charge is 0.369 e. The average Bonchev–Trinajstić information content (AvgIpc) is 2.70. The maximum atomic E-state index is 13.7. The van der Waals surface area contributed by atoms with Gasteiger partial charge in [0.15, 0.2) is 5.78 Å². The normalized spacial score (nSPS) is 15.7. The standard InChI is InChI=1S/C12H14FNO/c1-9(15)10-5-4-6-11(13)12(10)14-7-2-3-8-14/h4-6H,2-3,7-8H2,1H3. The summed E-state index contributed by atoms with van der Waals surface area (Å²) in [5, 5.41) is 0. The Hall–Kier alpha value is -1.38. The topological polar surface area (TPSA) is 20.3 Å². The summed E-state index contributed by atoms with van der Waals surface area (Å²) in [6.07, 6.45) is 2.15. The predicted molar refractivity (Wildman–Crippen MR) is 57.9 cm³/mol. The van der Waals surface area contributed by atoms with Gasteiger partial charge in [0.05, 0.1) is 5.69 Å². The average molecular weight is 207 g/mol. The Kier molecular flexibility index (Phi) is 2.71. The van der Waals surface area contributed by atoms with Gasteiger partial charge in [-0.15, -0.1) is 0 Å². The van der Waals surface area contributed by atoms with E-state index in [2.05, 4.69) is 0 Å². The second kappa shape index (κ2) is 4.01. The molecule has 0 amide bonds. The number of Topliss-reactive ketones (excluding diaryl/α,β-unsaturated/α-hetero) is 1. The van der Waals surface area contributed by atoms with Crippen molar-refractivity contribution in [2.45, 2.75) is 19.8 Å². The van der Waals surface area contributed by atoms with E-state index in [1.807, 2.05) is 4.90 Å². The number of hydrogen-bond donors (Lipinski definition) is 0. The molecule has 1 aliphatic heterocycles. The van der Waals surface area contributed by atoms with Gasteiger partial charge >= 0.3 is 0 Å². The van der Waals surface area contributed by atoms with Crippen LogP contribution in [0, 0.1) is 5.82 Å². The zero-order chi connectivity index (χ0) is 10.8. The van der Waals surface area contributed by atoms with Crippen LogP contribution in [0.3, 0.4) is 0 Å². The first kappa shape index (κ1) is 10.1. The summed E-state index contributed by atoms with van der Waals surface area (Å²) in [4.78, 5) is 13.3. The quantitative estimate of drug-likeness (QED) is 0.695. The molecule has 3 heteroatoms. The number of hydrogen-bond acceptors (Lipinski definition) is 2. The SMILES string of the molecule is CC(=O)c1cccc(F)c1N1CCCC1. The van der Waals surface area contributed by atoms with Crippen molar-refractivity contribution in [1.29, 1.82) is 0 Å². The molecule has 0 unspecified atom stereocenters. The molecule has 0 atom stereocenters. The molecular formula is C12H14FNO. The molecule has 0 aromatic heterocycles. The Bertz CT molecular complexity index is 383. The van der Waals surface area contributed by atoms with Gasteiger partial charge in [0.2, 0.25) is 0 Å². The van der Waals surface area contributed by atoms with Gasteiger partial charge < -0.3 is 4.90 Å². The Morgan fingerprint density at radius 2 is 2.00 bits per heavy atom. The molecule has 0 saturated carbocycles. The number of ketones is 1. The summed E-state index contributed by atoms with van der Waals surface area (Å²) in [5.41, 5.74) is 0.986. The van der Waals surface area contributed by atoms with Crippen LogP contribution in [0.2, 0.25) is 0 Å². The maximum Gasteiger partial charge on any atom is 0.161 e. The van der Waals surface area contributed by atoms with E-state index in [9.17, 15) is 9.18 Å². The summed E-state index contributed by atoms with van der Waals surface area (Å²) in [7, 11) is 0. The van der Waals surface area contributed by atoms with Crippen LogP contribution in [0.25, 0.3) is 0 Å². The molecule has 0 aliphatic carbocycles. The van der Waals surface area contributed by atoms with Crippen molar-refractivity contribution in [3.8, 4) is 0 Å². The van der Waals surface area contributed by atoms with Crippen molar-refractivity contribution in [2.24, 2.45) is 0 Å². The molecule has 1 aromatic carbocycles. The number of rotatable bonds is 2. The van der Waals surface area contributed by atoms with Crippen molar-refractivity contribution in [3.05, 3.63) is 29.6 Å². The van der Waals surface area contributed by atoms with Gasteiger partial charge in [-0.2, -0.15) is 0 Å². The minimum atomic E-state index is -0.287. The molecule has 1 fully saturated rings. The fraction of sp³-hybridized carbons (Fsp3) is 0.417. The van der Waals surface area contributed by atoms with Gasteiger partial charge in [-0.25, -0.2) is 4.39 Å².